The monoisotopic (exact) mass is 450 g/mol. The number of aromatic nitrogens is 1. The van der Waals surface area contributed by atoms with E-state index in [0.717, 1.165) is 28.3 Å². The molecular weight excluding hydrogens is 416 g/mol. The summed E-state index contributed by atoms with van der Waals surface area (Å²) in [4.78, 5) is 15.4. The van der Waals surface area contributed by atoms with Gasteiger partial charge in [0.15, 0.2) is 0 Å². The Bertz CT molecular complexity index is 1000. The Balaban J connectivity index is 1.78. The van der Waals surface area contributed by atoms with Crippen molar-refractivity contribution in [2.24, 2.45) is 11.3 Å². The van der Waals surface area contributed by atoms with Gasteiger partial charge in [-0.15, -0.1) is 0 Å². The molecule has 0 aliphatic heterocycles. The minimum atomic E-state index is 0.205. The Morgan fingerprint density at radius 3 is 2.34 bits per heavy atom. The molecule has 32 heavy (non-hydrogen) atoms. The fraction of sp³-hybridized carbons (Fsp3) is 0.393. The summed E-state index contributed by atoms with van der Waals surface area (Å²) in [7, 11) is 0. The summed E-state index contributed by atoms with van der Waals surface area (Å²) in [6.45, 7) is 10.8. The van der Waals surface area contributed by atoms with Gasteiger partial charge in [0, 0.05) is 36.4 Å². The zero-order valence-electron chi connectivity index (χ0n) is 19.7. The lowest BCUT2D eigenvalue weighted by molar-refractivity contribution is -0.133. The number of rotatable bonds is 9. The van der Waals surface area contributed by atoms with E-state index in [2.05, 4.69) is 56.7 Å². The normalized spacial score (nSPS) is 12.5. The fourth-order valence-electron chi connectivity index (χ4n) is 4.33. The number of hydrogen-bond acceptors (Lipinski definition) is 1. The van der Waals surface area contributed by atoms with Gasteiger partial charge in [-0.2, -0.15) is 0 Å². The number of hydrogen-bond donors (Lipinski definition) is 0. The van der Waals surface area contributed by atoms with Crippen molar-refractivity contribution in [2.45, 2.75) is 60.2 Å². The van der Waals surface area contributed by atoms with Crippen molar-refractivity contribution in [3.63, 3.8) is 0 Å². The topological polar surface area (TPSA) is 25.2 Å². The van der Waals surface area contributed by atoms with E-state index in [9.17, 15) is 4.79 Å². The molecule has 0 fully saturated rings. The van der Waals surface area contributed by atoms with Crippen molar-refractivity contribution >= 4 is 17.5 Å². The van der Waals surface area contributed by atoms with Gasteiger partial charge in [-0.1, -0.05) is 87.8 Å². The quantitative estimate of drug-likeness (QED) is 0.339. The third kappa shape index (κ3) is 7.27. The van der Waals surface area contributed by atoms with Crippen LogP contribution in [-0.2, 0) is 24.4 Å². The Morgan fingerprint density at radius 2 is 1.66 bits per heavy atom. The maximum absolute atomic E-state index is 13.4. The molecule has 1 atom stereocenters. The van der Waals surface area contributed by atoms with Gasteiger partial charge in [0.25, 0.3) is 0 Å². The molecule has 0 aliphatic rings. The molecule has 0 spiro atoms. The van der Waals surface area contributed by atoms with Crippen LogP contribution in [0.3, 0.4) is 0 Å². The molecule has 2 aromatic carbocycles. The standard InChI is InChI=1S/C28H35ClN2O/c1-22(18-28(2,3)4)17-27(32)31(19-23-11-6-5-7-12-23)21-25-14-10-16-30(25)20-24-13-8-9-15-26(24)29/h5-16,22H,17-21H2,1-4H3. The third-order valence-electron chi connectivity index (χ3n) is 5.63. The van der Waals surface area contributed by atoms with E-state index >= 15 is 0 Å². The first kappa shape index (κ1) is 24.1. The summed E-state index contributed by atoms with van der Waals surface area (Å²) in [5.74, 6) is 0.548. The fourth-order valence-corrected chi connectivity index (χ4v) is 4.53. The largest absolute Gasteiger partial charge is 0.345 e. The molecule has 3 aromatic rings. The van der Waals surface area contributed by atoms with Gasteiger partial charge >= 0.3 is 0 Å². The van der Waals surface area contributed by atoms with Crippen LogP contribution in [0.5, 0.6) is 0 Å². The second-order valence-electron chi connectivity index (χ2n) is 10.0. The number of carbonyl (C=O) groups excluding carboxylic acids is 1. The van der Waals surface area contributed by atoms with Crippen LogP contribution >= 0.6 is 11.6 Å². The van der Waals surface area contributed by atoms with E-state index < -0.39 is 0 Å². The highest BCUT2D eigenvalue weighted by Crippen LogP contribution is 2.27. The predicted molar refractivity (Wildman–Crippen MR) is 134 cm³/mol. The molecule has 170 valence electrons. The van der Waals surface area contributed by atoms with Crippen LogP contribution in [-0.4, -0.2) is 15.4 Å². The van der Waals surface area contributed by atoms with Crippen LogP contribution in [0.15, 0.2) is 72.9 Å². The van der Waals surface area contributed by atoms with Crippen LogP contribution in [0.1, 0.15) is 57.4 Å². The van der Waals surface area contributed by atoms with E-state index in [4.69, 9.17) is 11.6 Å². The van der Waals surface area contributed by atoms with E-state index in [1.165, 1.54) is 0 Å². The molecule has 3 rings (SSSR count). The van der Waals surface area contributed by atoms with Gasteiger partial charge in [0.05, 0.1) is 6.54 Å². The Kier molecular flexibility index (Phi) is 8.20. The second kappa shape index (κ2) is 10.9. The minimum Gasteiger partial charge on any atom is -0.345 e. The number of halogens is 1. The summed E-state index contributed by atoms with van der Waals surface area (Å²) in [6.07, 6.45) is 3.65. The first-order valence-corrected chi connectivity index (χ1v) is 11.8. The minimum absolute atomic E-state index is 0.205. The zero-order valence-corrected chi connectivity index (χ0v) is 20.5. The highest BCUT2D eigenvalue weighted by Gasteiger charge is 2.22. The first-order chi connectivity index (χ1) is 15.2. The summed E-state index contributed by atoms with van der Waals surface area (Å²) < 4.78 is 2.19. The van der Waals surface area contributed by atoms with Gasteiger partial charge in [-0.05, 0) is 47.1 Å². The van der Waals surface area contributed by atoms with E-state index in [-0.39, 0.29) is 11.3 Å². The van der Waals surface area contributed by atoms with E-state index in [1.807, 2.05) is 53.4 Å². The van der Waals surface area contributed by atoms with Crippen molar-refractivity contribution in [3.8, 4) is 0 Å². The van der Waals surface area contributed by atoms with E-state index in [0.29, 0.717) is 32.0 Å². The predicted octanol–water partition coefficient (Wildman–Crippen LogP) is 7.18. The van der Waals surface area contributed by atoms with Gasteiger partial charge in [0.2, 0.25) is 5.91 Å². The maximum atomic E-state index is 13.4. The molecule has 1 unspecified atom stereocenters. The summed E-state index contributed by atoms with van der Waals surface area (Å²) in [5.41, 5.74) is 3.55. The van der Waals surface area contributed by atoms with Crippen LogP contribution < -0.4 is 0 Å². The highest BCUT2D eigenvalue weighted by molar-refractivity contribution is 6.31. The molecule has 0 aliphatic carbocycles. The van der Waals surface area contributed by atoms with Crippen molar-refractivity contribution < 1.29 is 4.79 Å². The average Bonchev–Trinajstić information content (AvgIpc) is 3.15. The second-order valence-corrected chi connectivity index (χ2v) is 10.4. The van der Waals surface area contributed by atoms with Gasteiger partial charge < -0.3 is 9.47 Å². The summed E-state index contributed by atoms with van der Waals surface area (Å²) >= 11 is 6.39. The summed E-state index contributed by atoms with van der Waals surface area (Å²) in [6, 6.07) is 22.3. The first-order valence-electron chi connectivity index (χ1n) is 11.4. The van der Waals surface area contributed by atoms with Crippen molar-refractivity contribution in [1.82, 2.24) is 9.47 Å². The van der Waals surface area contributed by atoms with Crippen molar-refractivity contribution in [3.05, 3.63) is 94.8 Å². The smallest absolute Gasteiger partial charge is 0.223 e. The number of carbonyl (C=O) groups is 1. The molecule has 4 heteroatoms. The van der Waals surface area contributed by atoms with Crippen molar-refractivity contribution in [1.29, 1.82) is 0 Å². The Morgan fingerprint density at radius 1 is 0.969 bits per heavy atom. The molecule has 0 N–H and O–H groups in total. The lowest BCUT2D eigenvalue weighted by Gasteiger charge is -2.27. The number of nitrogens with zero attached hydrogens (tertiary/aromatic N) is 2. The number of benzene rings is 2. The lowest BCUT2D eigenvalue weighted by atomic mass is 9.84. The molecule has 0 saturated heterocycles. The molecule has 0 saturated carbocycles. The Hall–Kier alpha value is -2.52. The van der Waals surface area contributed by atoms with Gasteiger partial charge in [-0.25, -0.2) is 0 Å². The van der Waals surface area contributed by atoms with Crippen LogP contribution in [0.25, 0.3) is 0 Å². The molecule has 0 radical (unpaired) electrons. The molecule has 1 amide bonds. The van der Waals surface area contributed by atoms with Crippen molar-refractivity contribution in [2.75, 3.05) is 0 Å². The SMILES string of the molecule is CC(CC(=O)N(Cc1ccccc1)Cc1cccn1Cc1ccccc1Cl)CC(C)(C)C. The van der Waals surface area contributed by atoms with Crippen LogP contribution in [0.4, 0.5) is 0 Å². The molecular formula is C28H35ClN2O. The zero-order chi connectivity index (χ0) is 23.1. The Labute approximate surface area is 198 Å². The molecule has 1 aromatic heterocycles. The van der Waals surface area contributed by atoms with Crippen LogP contribution in [0.2, 0.25) is 5.02 Å². The lowest BCUT2D eigenvalue weighted by Crippen LogP contribution is -2.32. The maximum Gasteiger partial charge on any atom is 0.223 e. The van der Waals surface area contributed by atoms with Gasteiger partial charge in [0.1, 0.15) is 0 Å². The van der Waals surface area contributed by atoms with E-state index in [1.54, 1.807) is 0 Å². The van der Waals surface area contributed by atoms with Gasteiger partial charge in [-0.3, -0.25) is 4.79 Å². The summed E-state index contributed by atoms with van der Waals surface area (Å²) in [5, 5.41) is 0.764. The van der Waals surface area contributed by atoms with Crippen LogP contribution in [0, 0.1) is 11.3 Å². The molecule has 0 bridgehead atoms. The number of amides is 1. The highest BCUT2D eigenvalue weighted by atomic mass is 35.5. The molecule has 3 nitrogen and oxygen atoms in total. The molecule has 1 heterocycles. The average molecular weight is 451 g/mol. The third-order valence-corrected chi connectivity index (χ3v) is 6.00.